The molecule has 0 unspecified atom stereocenters. The lowest BCUT2D eigenvalue weighted by atomic mass is 10.1. The van der Waals surface area contributed by atoms with Crippen LogP contribution in [0.2, 0.25) is 0 Å². The van der Waals surface area contributed by atoms with Crippen molar-refractivity contribution in [3.05, 3.63) is 35.7 Å². The first kappa shape index (κ1) is 14.3. The second kappa shape index (κ2) is 5.63. The third-order valence-corrected chi connectivity index (χ3v) is 3.51. The third kappa shape index (κ3) is 2.36. The fourth-order valence-corrected chi connectivity index (χ4v) is 2.58. The van der Waals surface area contributed by atoms with Crippen molar-refractivity contribution in [1.82, 2.24) is 14.9 Å². The molecule has 0 radical (unpaired) electrons. The van der Waals surface area contributed by atoms with E-state index in [4.69, 9.17) is 9.26 Å². The van der Waals surface area contributed by atoms with Crippen molar-refractivity contribution >= 4 is 16.9 Å². The van der Waals surface area contributed by atoms with Gasteiger partial charge in [0, 0.05) is 5.39 Å². The van der Waals surface area contributed by atoms with E-state index in [0.717, 1.165) is 27.9 Å². The SMILES string of the molecule is CCOC(=O)Cn1nc(-c2c(C)noc2C)c2ccccc21. The first-order valence-electron chi connectivity index (χ1n) is 7.16. The lowest BCUT2D eigenvalue weighted by Gasteiger charge is -2.03. The van der Waals surface area contributed by atoms with Gasteiger partial charge < -0.3 is 9.26 Å². The number of carbonyl (C=O) groups excluding carboxylic acids is 1. The zero-order chi connectivity index (χ0) is 15.7. The van der Waals surface area contributed by atoms with Crippen LogP contribution in [0.15, 0.2) is 28.8 Å². The van der Waals surface area contributed by atoms with Gasteiger partial charge in [-0.1, -0.05) is 23.4 Å². The van der Waals surface area contributed by atoms with Gasteiger partial charge in [-0.25, -0.2) is 0 Å². The molecule has 0 atom stereocenters. The molecule has 22 heavy (non-hydrogen) atoms. The van der Waals surface area contributed by atoms with E-state index in [1.165, 1.54) is 0 Å². The van der Waals surface area contributed by atoms with Crippen molar-refractivity contribution < 1.29 is 14.1 Å². The van der Waals surface area contributed by atoms with Gasteiger partial charge in [0.2, 0.25) is 0 Å². The molecule has 0 fully saturated rings. The maximum atomic E-state index is 11.8. The third-order valence-electron chi connectivity index (χ3n) is 3.51. The minimum atomic E-state index is -0.305. The average Bonchev–Trinajstić information content (AvgIpc) is 3.01. The molecule has 3 rings (SSSR count). The molecule has 0 aliphatic heterocycles. The molecule has 2 heterocycles. The van der Waals surface area contributed by atoms with E-state index in [-0.39, 0.29) is 12.5 Å². The number of aryl methyl sites for hydroxylation is 2. The molecule has 0 aliphatic rings. The van der Waals surface area contributed by atoms with Gasteiger partial charge in [0.1, 0.15) is 18.0 Å². The minimum Gasteiger partial charge on any atom is -0.465 e. The topological polar surface area (TPSA) is 70.2 Å². The smallest absolute Gasteiger partial charge is 0.327 e. The molecule has 1 aromatic carbocycles. The Morgan fingerprint density at radius 1 is 1.32 bits per heavy atom. The van der Waals surface area contributed by atoms with Crippen LogP contribution >= 0.6 is 0 Å². The Balaban J connectivity index is 2.14. The zero-order valence-electron chi connectivity index (χ0n) is 12.8. The summed E-state index contributed by atoms with van der Waals surface area (Å²) < 4.78 is 11.9. The second-order valence-electron chi connectivity index (χ2n) is 5.03. The standard InChI is InChI=1S/C16H17N3O3/c1-4-21-14(20)9-19-13-8-6-5-7-12(13)16(17-19)15-10(2)18-22-11(15)3/h5-8H,4,9H2,1-3H3. The Morgan fingerprint density at radius 3 is 2.77 bits per heavy atom. The van der Waals surface area contributed by atoms with Crippen LogP contribution in [0.1, 0.15) is 18.4 Å². The highest BCUT2D eigenvalue weighted by atomic mass is 16.5. The van der Waals surface area contributed by atoms with Crippen molar-refractivity contribution in [2.45, 2.75) is 27.3 Å². The minimum absolute atomic E-state index is 0.0811. The van der Waals surface area contributed by atoms with E-state index in [2.05, 4.69) is 10.3 Å². The van der Waals surface area contributed by atoms with Crippen LogP contribution in [0.5, 0.6) is 0 Å². The van der Waals surface area contributed by atoms with Crippen LogP contribution in [0.4, 0.5) is 0 Å². The van der Waals surface area contributed by atoms with Crippen molar-refractivity contribution in [3.8, 4) is 11.3 Å². The summed E-state index contributed by atoms with van der Waals surface area (Å²) in [4.78, 5) is 11.8. The van der Waals surface area contributed by atoms with Crippen LogP contribution in [0.3, 0.4) is 0 Å². The predicted molar refractivity (Wildman–Crippen MR) is 81.3 cm³/mol. The first-order valence-corrected chi connectivity index (χ1v) is 7.16. The number of hydrogen-bond donors (Lipinski definition) is 0. The van der Waals surface area contributed by atoms with Gasteiger partial charge in [0.15, 0.2) is 0 Å². The second-order valence-corrected chi connectivity index (χ2v) is 5.03. The fourth-order valence-electron chi connectivity index (χ4n) is 2.58. The van der Waals surface area contributed by atoms with Crippen molar-refractivity contribution in [1.29, 1.82) is 0 Å². The summed E-state index contributed by atoms with van der Waals surface area (Å²) >= 11 is 0. The van der Waals surface area contributed by atoms with Crippen molar-refractivity contribution in [2.75, 3.05) is 6.61 Å². The molecule has 0 N–H and O–H groups in total. The molecular weight excluding hydrogens is 282 g/mol. The monoisotopic (exact) mass is 299 g/mol. The first-order chi connectivity index (χ1) is 10.6. The van der Waals surface area contributed by atoms with E-state index < -0.39 is 0 Å². The molecule has 0 aliphatic carbocycles. The molecule has 114 valence electrons. The van der Waals surface area contributed by atoms with E-state index in [1.807, 2.05) is 38.1 Å². The van der Waals surface area contributed by atoms with Gasteiger partial charge in [-0.15, -0.1) is 0 Å². The number of esters is 1. The predicted octanol–water partition coefficient (Wildman–Crippen LogP) is 2.87. The van der Waals surface area contributed by atoms with E-state index >= 15 is 0 Å². The van der Waals surface area contributed by atoms with Crippen molar-refractivity contribution in [3.63, 3.8) is 0 Å². The summed E-state index contributed by atoms with van der Waals surface area (Å²) in [6.45, 7) is 5.96. The maximum absolute atomic E-state index is 11.8. The number of carbonyl (C=O) groups is 1. The number of ether oxygens (including phenoxy) is 1. The van der Waals surface area contributed by atoms with Gasteiger partial charge in [0.25, 0.3) is 0 Å². The molecule has 2 aromatic heterocycles. The molecule has 0 amide bonds. The maximum Gasteiger partial charge on any atom is 0.327 e. The van der Waals surface area contributed by atoms with Crippen LogP contribution < -0.4 is 0 Å². The Kier molecular flexibility index (Phi) is 3.66. The summed E-state index contributed by atoms with van der Waals surface area (Å²) in [6.07, 6.45) is 0. The van der Waals surface area contributed by atoms with Crippen LogP contribution in [0, 0.1) is 13.8 Å². The number of hydrogen-bond acceptors (Lipinski definition) is 5. The Morgan fingerprint density at radius 2 is 2.09 bits per heavy atom. The quantitative estimate of drug-likeness (QED) is 0.693. The van der Waals surface area contributed by atoms with E-state index in [9.17, 15) is 4.79 Å². The molecule has 3 aromatic rings. The molecular formula is C16H17N3O3. The summed E-state index contributed by atoms with van der Waals surface area (Å²) in [5, 5.41) is 9.53. The van der Waals surface area contributed by atoms with Crippen LogP contribution in [0.25, 0.3) is 22.2 Å². The number of fused-ring (bicyclic) bond motifs is 1. The fraction of sp³-hybridized carbons (Fsp3) is 0.312. The van der Waals surface area contributed by atoms with Crippen molar-refractivity contribution in [2.24, 2.45) is 0 Å². The molecule has 0 saturated heterocycles. The largest absolute Gasteiger partial charge is 0.465 e. The van der Waals surface area contributed by atoms with Gasteiger partial charge in [-0.3, -0.25) is 9.48 Å². The highest BCUT2D eigenvalue weighted by Crippen LogP contribution is 2.32. The lowest BCUT2D eigenvalue weighted by molar-refractivity contribution is -0.143. The van der Waals surface area contributed by atoms with Gasteiger partial charge in [-0.05, 0) is 26.8 Å². The Bertz CT molecular complexity index is 813. The van der Waals surface area contributed by atoms with Crippen LogP contribution in [-0.4, -0.2) is 27.5 Å². The summed E-state index contributed by atoms with van der Waals surface area (Å²) in [5.74, 6) is 0.408. The van der Waals surface area contributed by atoms with Crippen LogP contribution in [-0.2, 0) is 16.1 Å². The molecule has 0 bridgehead atoms. The molecule has 6 nitrogen and oxygen atoms in total. The molecule has 6 heteroatoms. The van der Waals surface area contributed by atoms with Gasteiger partial charge in [-0.2, -0.15) is 5.10 Å². The molecule has 0 saturated carbocycles. The van der Waals surface area contributed by atoms with Gasteiger partial charge in [0.05, 0.1) is 23.4 Å². The molecule has 0 spiro atoms. The Labute approximate surface area is 127 Å². The lowest BCUT2D eigenvalue weighted by Crippen LogP contribution is -2.14. The van der Waals surface area contributed by atoms with E-state index in [0.29, 0.717) is 12.4 Å². The number of rotatable bonds is 4. The highest BCUT2D eigenvalue weighted by Gasteiger charge is 2.20. The Hall–Kier alpha value is -2.63. The normalized spacial score (nSPS) is 11.0. The summed E-state index contributed by atoms with van der Waals surface area (Å²) in [6, 6.07) is 7.78. The van der Waals surface area contributed by atoms with E-state index in [1.54, 1.807) is 11.6 Å². The highest BCUT2D eigenvalue weighted by molar-refractivity contribution is 5.94. The van der Waals surface area contributed by atoms with Gasteiger partial charge >= 0.3 is 5.97 Å². The zero-order valence-corrected chi connectivity index (χ0v) is 12.8. The number of para-hydroxylation sites is 1. The number of aromatic nitrogens is 3. The summed E-state index contributed by atoms with van der Waals surface area (Å²) in [5.41, 5.74) is 3.31. The average molecular weight is 299 g/mol. The summed E-state index contributed by atoms with van der Waals surface area (Å²) in [7, 11) is 0. The number of benzene rings is 1. The number of nitrogens with zero attached hydrogens (tertiary/aromatic N) is 3.